The first kappa shape index (κ1) is 15.9. The zero-order chi connectivity index (χ0) is 16.4. The summed E-state index contributed by atoms with van der Waals surface area (Å²) in [5, 5.41) is 10.6. The van der Waals surface area contributed by atoms with E-state index >= 15 is 0 Å². The van der Waals surface area contributed by atoms with Crippen molar-refractivity contribution in [2.45, 2.75) is 32.4 Å². The van der Waals surface area contributed by atoms with E-state index in [0.717, 1.165) is 49.1 Å². The summed E-state index contributed by atoms with van der Waals surface area (Å²) in [7, 11) is 1.92. The van der Waals surface area contributed by atoms with Gasteiger partial charge in [0.05, 0.1) is 5.69 Å². The second-order valence-corrected chi connectivity index (χ2v) is 6.13. The Morgan fingerprint density at radius 3 is 2.70 bits per heavy atom. The Hall–Kier alpha value is -1.99. The van der Waals surface area contributed by atoms with Gasteiger partial charge in [0.25, 0.3) is 0 Å². The first-order valence-electron chi connectivity index (χ1n) is 8.03. The van der Waals surface area contributed by atoms with Gasteiger partial charge in [-0.05, 0) is 25.7 Å². The van der Waals surface area contributed by atoms with Crippen LogP contribution < -0.4 is 10.6 Å². The van der Waals surface area contributed by atoms with E-state index in [0.29, 0.717) is 6.54 Å². The Morgan fingerprint density at radius 2 is 2.09 bits per heavy atom. The zero-order valence-corrected chi connectivity index (χ0v) is 13.7. The van der Waals surface area contributed by atoms with Gasteiger partial charge >= 0.3 is 0 Å². The second-order valence-electron chi connectivity index (χ2n) is 6.13. The molecule has 3 heterocycles. The molecule has 0 aromatic carbocycles. The predicted molar refractivity (Wildman–Crippen MR) is 87.8 cm³/mol. The van der Waals surface area contributed by atoms with Crippen molar-refractivity contribution in [2.75, 3.05) is 18.0 Å². The summed E-state index contributed by atoms with van der Waals surface area (Å²) in [6.07, 6.45) is 4.91. The van der Waals surface area contributed by atoms with E-state index in [9.17, 15) is 5.11 Å². The highest BCUT2D eigenvalue weighted by molar-refractivity contribution is 5.40. The van der Waals surface area contributed by atoms with Crippen molar-refractivity contribution < 1.29 is 5.11 Å². The minimum absolute atomic E-state index is 0.226. The lowest BCUT2D eigenvalue weighted by Crippen LogP contribution is -2.36. The second kappa shape index (κ2) is 6.64. The van der Waals surface area contributed by atoms with E-state index in [1.165, 1.54) is 0 Å². The van der Waals surface area contributed by atoms with Crippen LogP contribution in [0.25, 0.3) is 0 Å². The number of rotatable bonds is 4. The third kappa shape index (κ3) is 3.35. The quantitative estimate of drug-likeness (QED) is 0.871. The number of nitrogens with zero attached hydrogens (tertiary/aromatic N) is 5. The fourth-order valence-corrected chi connectivity index (χ4v) is 3.20. The normalized spacial score (nSPS) is 17.5. The molecule has 1 saturated heterocycles. The van der Waals surface area contributed by atoms with Crippen molar-refractivity contribution in [1.29, 1.82) is 0 Å². The Kier molecular flexibility index (Phi) is 4.58. The van der Waals surface area contributed by atoms with Crippen LogP contribution in [0.1, 0.15) is 36.3 Å². The lowest BCUT2D eigenvalue weighted by Gasteiger charge is -2.34. The molecule has 3 rings (SSSR count). The van der Waals surface area contributed by atoms with Crippen molar-refractivity contribution in [1.82, 2.24) is 19.5 Å². The van der Waals surface area contributed by atoms with Crippen molar-refractivity contribution >= 4 is 5.82 Å². The van der Waals surface area contributed by atoms with Crippen LogP contribution in [-0.4, -0.2) is 37.7 Å². The van der Waals surface area contributed by atoms with Crippen LogP contribution in [0.15, 0.2) is 18.5 Å². The molecule has 0 saturated carbocycles. The molecule has 7 nitrogen and oxygen atoms in total. The molecule has 3 N–H and O–H groups in total. The summed E-state index contributed by atoms with van der Waals surface area (Å²) >= 11 is 0. The molecule has 1 fully saturated rings. The summed E-state index contributed by atoms with van der Waals surface area (Å²) < 4.78 is 1.89. The van der Waals surface area contributed by atoms with E-state index in [2.05, 4.69) is 19.9 Å². The van der Waals surface area contributed by atoms with Gasteiger partial charge < -0.3 is 20.3 Å². The fourth-order valence-electron chi connectivity index (χ4n) is 3.20. The van der Waals surface area contributed by atoms with Gasteiger partial charge in [-0.2, -0.15) is 0 Å². The van der Waals surface area contributed by atoms with Crippen molar-refractivity contribution in [2.24, 2.45) is 18.7 Å². The van der Waals surface area contributed by atoms with Gasteiger partial charge in [-0.25, -0.2) is 15.0 Å². The first-order valence-corrected chi connectivity index (χ1v) is 8.03. The molecule has 1 aliphatic rings. The number of imidazole rings is 1. The van der Waals surface area contributed by atoms with E-state index in [1.807, 2.05) is 30.8 Å². The number of aliphatic hydroxyl groups is 1. The SMILES string of the molecule is Cc1nc(CN)cc(N2CCC([C@H](O)c3nccn3C)CC2)n1. The third-order valence-corrected chi connectivity index (χ3v) is 4.52. The molecule has 124 valence electrons. The molecule has 0 unspecified atom stereocenters. The van der Waals surface area contributed by atoms with Gasteiger partial charge in [-0.15, -0.1) is 0 Å². The Morgan fingerprint density at radius 1 is 1.35 bits per heavy atom. The molecule has 2 aromatic rings. The number of hydrogen-bond donors (Lipinski definition) is 2. The van der Waals surface area contributed by atoms with Gasteiger partial charge in [-0.3, -0.25) is 0 Å². The van der Waals surface area contributed by atoms with Crippen LogP contribution in [-0.2, 0) is 13.6 Å². The number of aromatic nitrogens is 4. The van der Waals surface area contributed by atoms with E-state index < -0.39 is 6.10 Å². The van der Waals surface area contributed by atoms with Crippen molar-refractivity contribution in [3.63, 3.8) is 0 Å². The highest BCUT2D eigenvalue weighted by atomic mass is 16.3. The lowest BCUT2D eigenvalue weighted by molar-refractivity contribution is 0.0824. The molecule has 0 radical (unpaired) electrons. The molecule has 0 amide bonds. The average molecular weight is 316 g/mol. The molecular formula is C16H24N6O. The van der Waals surface area contributed by atoms with Crippen LogP contribution >= 0.6 is 0 Å². The summed E-state index contributed by atoms with van der Waals surface area (Å²) in [5.74, 6) is 2.65. The third-order valence-electron chi connectivity index (χ3n) is 4.52. The molecule has 7 heteroatoms. The van der Waals surface area contributed by atoms with Crippen molar-refractivity contribution in [3.8, 4) is 0 Å². The van der Waals surface area contributed by atoms with Gasteiger partial charge in [-0.1, -0.05) is 0 Å². The van der Waals surface area contributed by atoms with Crippen LogP contribution in [0.2, 0.25) is 0 Å². The topological polar surface area (TPSA) is 93.1 Å². The van der Waals surface area contributed by atoms with E-state index in [4.69, 9.17) is 5.73 Å². The Labute approximate surface area is 136 Å². The summed E-state index contributed by atoms with van der Waals surface area (Å²) in [4.78, 5) is 15.4. The van der Waals surface area contributed by atoms with Crippen LogP contribution in [0.5, 0.6) is 0 Å². The van der Waals surface area contributed by atoms with Gasteiger partial charge in [0.15, 0.2) is 0 Å². The molecule has 1 atom stereocenters. The molecule has 1 aliphatic heterocycles. The van der Waals surface area contributed by atoms with Crippen LogP contribution in [0.3, 0.4) is 0 Å². The standard InChI is InChI=1S/C16H24N6O/c1-11-19-13(10-17)9-14(20-11)22-6-3-12(4-7-22)15(23)16-18-5-8-21(16)2/h5,8-9,12,15,23H,3-4,6-7,10,17H2,1-2H3/t15-/m0/s1. The first-order chi connectivity index (χ1) is 11.1. The van der Waals surface area contributed by atoms with Gasteiger partial charge in [0.1, 0.15) is 23.6 Å². The highest BCUT2D eigenvalue weighted by Crippen LogP contribution is 2.31. The highest BCUT2D eigenvalue weighted by Gasteiger charge is 2.29. The predicted octanol–water partition coefficient (Wildman–Crippen LogP) is 0.927. The number of anilines is 1. The number of aryl methyl sites for hydroxylation is 2. The minimum atomic E-state index is -0.510. The molecule has 0 bridgehead atoms. The van der Waals surface area contributed by atoms with Gasteiger partial charge in [0.2, 0.25) is 0 Å². The van der Waals surface area contributed by atoms with Crippen LogP contribution in [0.4, 0.5) is 5.82 Å². The maximum Gasteiger partial charge on any atom is 0.137 e. The number of nitrogens with two attached hydrogens (primary N) is 1. The van der Waals surface area contributed by atoms with Crippen LogP contribution in [0, 0.1) is 12.8 Å². The number of aliphatic hydroxyl groups excluding tert-OH is 1. The smallest absolute Gasteiger partial charge is 0.137 e. The molecule has 23 heavy (non-hydrogen) atoms. The molecule has 0 spiro atoms. The molecular weight excluding hydrogens is 292 g/mol. The summed E-state index contributed by atoms with van der Waals surface area (Å²) in [6.45, 7) is 4.05. The molecule has 0 aliphatic carbocycles. The molecule has 2 aromatic heterocycles. The largest absolute Gasteiger partial charge is 0.385 e. The zero-order valence-electron chi connectivity index (χ0n) is 13.7. The maximum absolute atomic E-state index is 10.6. The monoisotopic (exact) mass is 316 g/mol. The Balaban J connectivity index is 1.67. The Bertz CT molecular complexity index is 662. The summed E-state index contributed by atoms with van der Waals surface area (Å²) in [5.41, 5.74) is 6.56. The van der Waals surface area contributed by atoms with E-state index in [1.54, 1.807) is 6.20 Å². The number of piperidine rings is 1. The van der Waals surface area contributed by atoms with E-state index in [-0.39, 0.29) is 5.92 Å². The summed E-state index contributed by atoms with van der Waals surface area (Å²) in [6, 6.07) is 1.96. The maximum atomic E-state index is 10.6. The average Bonchev–Trinajstić information content (AvgIpc) is 2.99. The number of hydrogen-bond acceptors (Lipinski definition) is 6. The minimum Gasteiger partial charge on any atom is -0.385 e. The van der Waals surface area contributed by atoms with Gasteiger partial charge in [0, 0.05) is 45.1 Å². The fraction of sp³-hybridized carbons (Fsp3) is 0.562. The lowest BCUT2D eigenvalue weighted by atomic mass is 9.90. The van der Waals surface area contributed by atoms with Crippen molar-refractivity contribution in [3.05, 3.63) is 35.8 Å².